The van der Waals surface area contributed by atoms with Gasteiger partial charge in [-0.05, 0) is 47.5 Å². The first kappa shape index (κ1) is 18.6. The van der Waals surface area contributed by atoms with Crippen LogP contribution in [-0.4, -0.2) is 26.5 Å². The smallest absolute Gasteiger partial charge is 0.159 e. The second-order valence-electron chi connectivity index (χ2n) is 8.70. The molecule has 0 radical (unpaired) electrons. The highest BCUT2D eigenvalue weighted by Crippen LogP contribution is 2.37. The molecule has 0 amide bonds. The second kappa shape index (κ2) is 7.28. The van der Waals surface area contributed by atoms with Crippen LogP contribution in [0.4, 0.5) is 5.69 Å². The van der Waals surface area contributed by atoms with Crippen LogP contribution in [0.1, 0.15) is 28.6 Å². The molecule has 1 atom stereocenters. The van der Waals surface area contributed by atoms with Crippen molar-refractivity contribution in [3.8, 4) is 11.4 Å². The fourth-order valence-corrected chi connectivity index (χ4v) is 4.93. The van der Waals surface area contributed by atoms with E-state index in [0.29, 0.717) is 0 Å². The van der Waals surface area contributed by atoms with E-state index in [1.54, 1.807) is 6.20 Å². The summed E-state index contributed by atoms with van der Waals surface area (Å²) in [6, 6.07) is 16.7. The molecule has 160 valence electrons. The minimum absolute atomic E-state index is 0.108. The maximum atomic E-state index is 4.93. The monoisotopic (exact) mass is 431 g/mol. The van der Waals surface area contributed by atoms with Crippen molar-refractivity contribution in [3.63, 3.8) is 0 Å². The van der Waals surface area contributed by atoms with Crippen LogP contribution in [0.5, 0.6) is 0 Å². The summed E-state index contributed by atoms with van der Waals surface area (Å²) in [5.41, 5.74) is 8.71. The van der Waals surface area contributed by atoms with Gasteiger partial charge in [-0.2, -0.15) is 10.2 Å². The van der Waals surface area contributed by atoms with Crippen molar-refractivity contribution in [1.29, 1.82) is 0 Å². The number of aromatic nitrogens is 4. The van der Waals surface area contributed by atoms with Crippen molar-refractivity contribution in [2.75, 3.05) is 6.54 Å². The summed E-state index contributed by atoms with van der Waals surface area (Å²) < 4.78 is 0. The van der Waals surface area contributed by atoms with Crippen LogP contribution in [0.15, 0.2) is 71.2 Å². The molecule has 5 aromatic rings. The summed E-state index contributed by atoms with van der Waals surface area (Å²) in [6.07, 6.45) is 5.39. The van der Waals surface area contributed by atoms with Gasteiger partial charge in [-0.3, -0.25) is 4.98 Å². The number of aromatic amines is 1. The van der Waals surface area contributed by atoms with Gasteiger partial charge in [-0.1, -0.05) is 12.1 Å². The van der Waals surface area contributed by atoms with Crippen LogP contribution in [0.3, 0.4) is 0 Å². The standard InChI is InChI=1S/C26H21N7/c1-2-16-10-15(3-5-20(16)28-8-1)11-23-25-24(33-32-23)14-29-26(31-25)17-4-6-21-18(12-17)19-13-27-9-7-22(19)30-21/h1-6,8,10,12,14,23,27,30H,7,9,11,13H2. The van der Waals surface area contributed by atoms with Crippen molar-refractivity contribution in [1.82, 2.24) is 25.3 Å². The predicted molar refractivity (Wildman–Crippen MR) is 127 cm³/mol. The minimum Gasteiger partial charge on any atom is -0.358 e. The van der Waals surface area contributed by atoms with E-state index in [2.05, 4.69) is 73.0 Å². The molecule has 2 aromatic carbocycles. The van der Waals surface area contributed by atoms with E-state index in [-0.39, 0.29) is 6.04 Å². The number of nitrogens with one attached hydrogen (secondary N) is 2. The molecule has 2 N–H and O–H groups in total. The maximum Gasteiger partial charge on any atom is 0.159 e. The average Bonchev–Trinajstić information content (AvgIpc) is 3.44. The first-order chi connectivity index (χ1) is 16.3. The Balaban J connectivity index is 1.23. The van der Waals surface area contributed by atoms with E-state index in [1.807, 2.05) is 12.3 Å². The SMILES string of the molecule is c1cnc2ccc(CC3N=Nc4cnc(-c5ccc6[nH]c7c(c6c5)CNCC7)nc43)cc2c1. The lowest BCUT2D eigenvalue weighted by Crippen LogP contribution is -2.22. The van der Waals surface area contributed by atoms with Crippen molar-refractivity contribution >= 4 is 27.5 Å². The van der Waals surface area contributed by atoms with Gasteiger partial charge in [0, 0.05) is 59.7 Å². The fourth-order valence-electron chi connectivity index (χ4n) is 4.93. The normalized spacial score (nSPS) is 16.9. The predicted octanol–water partition coefficient (Wildman–Crippen LogP) is 5.20. The molecule has 3 aromatic heterocycles. The summed E-state index contributed by atoms with van der Waals surface area (Å²) in [5.74, 6) is 0.717. The molecule has 33 heavy (non-hydrogen) atoms. The van der Waals surface area contributed by atoms with Crippen LogP contribution in [0, 0.1) is 0 Å². The Labute approximate surface area is 190 Å². The number of fused-ring (bicyclic) bond motifs is 5. The van der Waals surface area contributed by atoms with Crippen molar-refractivity contribution in [2.24, 2.45) is 10.2 Å². The van der Waals surface area contributed by atoms with Crippen LogP contribution in [0.25, 0.3) is 33.2 Å². The highest BCUT2D eigenvalue weighted by molar-refractivity contribution is 5.88. The highest BCUT2D eigenvalue weighted by atomic mass is 15.2. The quantitative estimate of drug-likeness (QED) is 0.411. The molecule has 1 unspecified atom stereocenters. The topological polar surface area (TPSA) is 91.2 Å². The number of pyridine rings is 1. The Hall–Kier alpha value is -3.97. The molecule has 2 aliphatic rings. The van der Waals surface area contributed by atoms with Gasteiger partial charge in [0.05, 0.1) is 17.4 Å². The Morgan fingerprint density at radius 1 is 1.03 bits per heavy atom. The van der Waals surface area contributed by atoms with Gasteiger partial charge < -0.3 is 10.3 Å². The number of H-pyrrole nitrogens is 1. The van der Waals surface area contributed by atoms with E-state index >= 15 is 0 Å². The molecule has 7 heteroatoms. The van der Waals surface area contributed by atoms with Gasteiger partial charge in [0.25, 0.3) is 0 Å². The largest absolute Gasteiger partial charge is 0.358 e. The molecule has 0 spiro atoms. The second-order valence-corrected chi connectivity index (χ2v) is 8.70. The van der Waals surface area contributed by atoms with Crippen molar-refractivity contribution in [2.45, 2.75) is 25.4 Å². The first-order valence-corrected chi connectivity index (χ1v) is 11.3. The molecule has 7 nitrogen and oxygen atoms in total. The highest BCUT2D eigenvalue weighted by Gasteiger charge is 2.25. The van der Waals surface area contributed by atoms with Gasteiger partial charge in [-0.15, -0.1) is 0 Å². The third-order valence-corrected chi connectivity index (χ3v) is 6.62. The van der Waals surface area contributed by atoms with E-state index in [0.717, 1.165) is 59.6 Å². The zero-order valence-corrected chi connectivity index (χ0v) is 17.9. The molecule has 0 saturated heterocycles. The summed E-state index contributed by atoms with van der Waals surface area (Å²) in [7, 11) is 0. The Kier molecular flexibility index (Phi) is 4.10. The Bertz CT molecular complexity index is 1570. The van der Waals surface area contributed by atoms with E-state index in [1.165, 1.54) is 27.7 Å². The van der Waals surface area contributed by atoms with Gasteiger partial charge in [0.15, 0.2) is 5.82 Å². The number of hydrogen-bond donors (Lipinski definition) is 2. The van der Waals surface area contributed by atoms with Crippen LogP contribution < -0.4 is 5.32 Å². The van der Waals surface area contributed by atoms with Crippen molar-refractivity contribution < 1.29 is 0 Å². The number of benzene rings is 2. The Morgan fingerprint density at radius 3 is 3.03 bits per heavy atom. The van der Waals surface area contributed by atoms with Crippen LogP contribution in [0.2, 0.25) is 0 Å². The van der Waals surface area contributed by atoms with Gasteiger partial charge in [0.2, 0.25) is 0 Å². The summed E-state index contributed by atoms with van der Waals surface area (Å²) in [5, 5.41) is 14.7. The number of nitrogens with zero attached hydrogens (tertiary/aromatic N) is 5. The Morgan fingerprint density at radius 2 is 2.03 bits per heavy atom. The lowest BCUT2D eigenvalue weighted by Gasteiger charge is -2.12. The summed E-state index contributed by atoms with van der Waals surface area (Å²) in [6.45, 7) is 1.91. The summed E-state index contributed by atoms with van der Waals surface area (Å²) in [4.78, 5) is 17.5. The molecule has 2 aliphatic heterocycles. The maximum absolute atomic E-state index is 4.93. The third kappa shape index (κ3) is 3.12. The van der Waals surface area contributed by atoms with E-state index in [9.17, 15) is 0 Å². The molecule has 0 bridgehead atoms. The zero-order chi connectivity index (χ0) is 21.8. The minimum atomic E-state index is -0.108. The van der Waals surface area contributed by atoms with Crippen molar-refractivity contribution in [3.05, 3.63) is 83.4 Å². The average molecular weight is 432 g/mol. The molecule has 7 rings (SSSR count). The molecule has 0 fully saturated rings. The number of rotatable bonds is 3. The lowest BCUT2D eigenvalue weighted by atomic mass is 10.0. The first-order valence-electron chi connectivity index (χ1n) is 11.3. The molecular weight excluding hydrogens is 410 g/mol. The fraction of sp³-hybridized carbons (Fsp3) is 0.192. The molecular formula is C26H21N7. The molecule has 5 heterocycles. The van der Waals surface area contributed by atoms with Gasteiger partial charge in [0.1, 0.15) is 11.7 Å². The van der Waals surface area contributed by atoms with E-state index < -0.39 is 0 Å². The molecule has 0 aliphatic carbocycles. The van der Waals surface area contributed by atoms with E-state index in [4.69, 9.17) is 4.98 Å². The summed E-state index contributed by atoms with van der Waals surface area (Å²) >= 11 is 0. The molecule has 0 saturated carbocycles. The third-order valence-electron chi connectivity index (χ3n) is 6.62. The number of azo groups is 1. The van der Waals surface area contributed by atoms with Gasteiger partial charge >= 0.3 is 0 Å². The van der Waals surface area contributed by atoms with Crippen LogP contribution in [-0.2, 0) is 19.4 Å². The zero-order valence-electron chi connectivity index (χ0n) is 17.9. The number of hydrogen-bond acceptors (Lipinski definition) is 6. The van der Waals surface area contributed by atoms with Gasteiger partial charge in [-0.25, -0.2) is 9.97 Å². The lowest BCUT2D eigenvalue weighted by molar-refractivity contribution is 0.641. The van der Waals surface area contributed by atoms with Crippen LogP contribution >= 0.6 is 0 Å².